The third-order valence-corrected chi connectivity index (χ3v) is 4.16. The predicted molar refractivity (Wildman–Crippen MR) is 70.7 cm³/mol. The van der Waals surface area contributed by atoms with E-state index in [2.05, 4.69) is 18.7 Å². The Morgan fingerprint density at radius 3 is 2.59 bits per heavy atom. The van der Waals surface area contributed by atoms with Crippen molar-refractivity contribution in [3.05, 3.63) is 24.0 Å². The highest BCUT2D eigenvalue weighted by atomic mass is 19.1. The summed E-state index contributed by atoms with van der Waals surface area (Å²) in [4.78, 5) is 2.20. The van der Waals surface area contributed by atoms with Crippen molar-refractivity contribution < 1.29 is 4.39 Å². The molecule has 0 amide bonds. The number of nitrogens with two attached hydrogens (primary N) is 1. The second-order valence-corrected chi connectivity index (χ2v) is 5.35. The minimum atomic E-state index is -0.210. The molecule has 0 bridgehead atoms. The van der Waals surface area contributed by atoms with Gasteiger partial charge in [-0.15, -0.1) is 0 Å². The third-order valence-electron chi connectivity index (χ3n) is 4.16. The summed E-state index contributed by atoms with van der Waals surface area (Å²) in [5, 5.41) is 0. The molecule has 0 saturated carbocycles. The van der Waals surface area contributed by atoms with Crippen LogP contribution < -0.4 is 10.6 Å². The SMILES string of the molecule is CCC1(C)CCN(c2cc(F)ccc2N)CC1. The Labute approximate surface area is 103 Å². The number of anilines is 2. The van der Waals surface area contributed by atoms with E-state index in [1.807, 2.05) is 0 Å². The molecule has 94 valence electrons. The van der Waals surface area contributed by atoms with Crippen LogP contribution in [0.3, 0.4) is 0 Å². The number of nitrogens with zero attached hydrogens (tertiary/aromatic N) is 1. The molecular weight excluding hydrogens is 215 g/mol. The Bertz CT molecular complexity index is 395. The Balaban J connectivity index is 2.13. The third kappa shape index (κ3) is 2.54. The first-order chi connectivity index (χ1) is 8.04. The van der Waals surface area contributed by atoms with E-state index in [1.54, 1.807) is 12.1 Å². The van der Waals surface area contributed by atoms with Crippen molar-refractivity contribution in [2.75, 3.05) is 23.7 Å². The molecule has 0 aliphatic carbocycles. The van der Waals surface area contributed by atoms with E-state index in [0.717, 1.165) is 31.6 Å². The maximum Gasteiger partial charge on any atom is 0.125 e. The van der Waals surface area contributed by atoms with Crippen LogP contribution in [0.2, 0.25) is 0 Å². The van der Waals surface area contributed by atoms with E-state index >= 15 is 0 Å². The minimum Gasteiger partial charge on any atom is -0.397 e. The van der Waals surface area contributed by atoms with Crippen LogP contribution in [0.25, 0.3) is 0 Å². The van der Waals surface area contributed by atoms with E-state index in [9.17, 15) is 4.39 Å². The molecule has 1 aromatic rings. The normalized spacial score (nSPS) is 19.4. The molecule has 2 N–H and O–H groups in total. The van der Waals surface area contributed by atoms with E-state index in [-0.39, 0.29) is 5.82 Å². The van der Waals surface area contributed by atoms with Crippen LogP contribution in [-0.2, 0) is 0 Å². The number of benzene rings is 1. The molecule has 2 rings (SSSR count). The van der Waals surface area contributed by atoms with E-state index in [0.29, 0.717) is 11.1 Å². The first-order valence-corrected chi connectivity index (χ1v) is 6.34. The zero-order valence-corrected chi connectivity index (χ0v) is 10.7. The van der Waals surface area contributed by atoms with E-state index < -0.39 is 0 Å². The number of hydrogen-bond donors (Lipinski definition) is 1. The van der Waals surface area contributed by atoms with Crippen molar-refractivity contribution in [1.82, 2.24) is 0 Å². The monoisotopic (exact) mass is 236 g/mol. The van der Waals surface area contributed by atoms with Crippen LogP contribution in [0.4, 0.5) is 15.8 Å². The molecular formula is C14H21FN2. The molecule has 0 aromatic heterocycles. The lowest BCUT2D eigenvalue weighted by molar-refractivity contribution is 0.238. The van der Waals surface area contributed by atoms with Gasteiger partial charge >= 0.3 is 0 Å². The van der Waals surface area contributed by atoms with Crippen LogP contribution in [0, 0.1) is 11.2 Å². The largest absolute Gasteiger partial charge is 0.397 e. The number of hydrogen-bond acceptors (Lipinski definition) is 2. The van der Waals surface area contributed by atoms with Crippen LogP contribution in [0.1, 0.15) is 33.1 Å². The van der Waals surface area contributed by atoms with Gasteiger partial charge < -0.3 is 10.6 Å². The Morgan fingerprint density at radius 1 is 1.35 bits per heavy atom. The van der Waals surface area contributed by atoms with Crippen molar-refractivity contribution >= 4 is 11.4 Å². The molecule has 2 nitrogen and oxygen atoms in total. The zero-order valence-electron chi connectivity index (χ0n) is 10.7. The van der Waals surface area contributed by atoms with Crippen molar-refractivity contribution in [2.45, 2.75) is 33.1 Å². The molecule has 1 fully saturated rings. The predicted octanol–water partition coefficient (Wildman–Crippen LogP) is 3.42. The fourth-order valence-electron chi connectivity index (χ4n) is 2.43. The highest BCUT2D eigenvalue weighted by Gasteiger charge is 2.28. The quantitative estimate of drug-likeness (QED) is 0.797. The molecule has 0 spiro atoms. The highest BCUT2D eigenvalue weighted by molar-refractivity contribution is 5.67. The number of nitrogen functional groups attached to an aromatic ring is 1. The first-order valence-electron chi connectivity index (χ1n) is 6.34. The van der Waals surface area contributed by atoms with Gasteiger partial charge in [0.2, 0.25) is 0 Å². The first kappa shape index (κ1) is 12.2. The number of halogens is 1. The number of rotatable bonds is 2. The summed E-state index contributed by atoms with van der Waals surface area (Å²) in [7, 11) is 0. The van der Waals surface area contributed by atoms with Gasteiger partial charge in [-0.2, -0.15) is 0 Å². The Hall–Kier alpha value is -1.25. The summed E-state index contributed by atoms with van der Waals surface area (Å²) in [5.74, 6) is -0.210. The standard InChI is InChI=1S/C14H21FN2/c1-3-14(2)6-8-17(9-7-14)13-10-11(15)4-5-12(13)16/h4-5,10H,3,6-9,16H2,1-2H3. The molecule has 17 heavy (non-hydrogen) atoms. The van der Waals surface area contributed by atoms with Crippen LogP contribution in [0.15, 0.2) is 18.2 Å². The summed E-state index contributed by atoms with van der Waals surface area (Å²) in [6, 6.07) is 4.61. The summed E-state index contributed by atoms with van der Waals surface area (Å²) in [6.45, 7) is 6.52. The number of piperidine rings is 1. The molecule has 1 aromatic carbocycles. The van der Waals surface area contributed by atoms with Crippen molar-refractivity contribution in [2.24, 2.45) is 5.41 Å². The molecule has 3 heteroatoms. The fraction of sp³-hybridized carbons (Fsp3) is 0.571. The van der Waals surface area contributed by atoms with Gasteiger partial charge in [-0.3, -0.25) is 0 Å². The van der Waals surface area contributed by atoms with Gasteiger partial charge in [0.1, 0.15) is 5.82 Å². The molecule has 0 unspecified atom stereocenters. The van der Waals surface area contributed by atoms with Gasteiger partial charge in [0, 0.05) is 13.1 Å². The van der Waals surface area contributed by atoms with E-state index in [4.69, 9.17) is 5.73 Å². The zero-order chi connectivity index (χ0) is 12.5. The van der Waals surface area contributed by atoms with Gasteiger partial charge in [0.25, 0.3) is 0 Å². The lowest BCUT2D eigenvalue weighted by Gasteiger charge is -2.40. The Kier molecular flexibility index (Phi) is 3.27. The van der Waals surface area contributed by atoms with E-state index in [1.165, 1.54) is 12.5 Å². The topological polar surface area (TPSA) is 29.3 Å². The summed E-state index contributed by atoms with van der Waals surface area (Å²) in [5.41, 5.74) is 7.88. The average molecular weight is 236 g/mol. The lowest BCUT2D eigenvalue weighted by atomic mass is 9.78. The van der Waals surface area contributed by atoms with Gasteiger partial charge in [-0.25, -0.2) is 4.39 Å². The molecule has 0 atom stereocenters. The van der Waals surface area contributed by atoms with Crippen LogP contribution >= 0.6 is 0 Å². The summed E-state index contributed by atoms with van der Waals surface area (Å²) in [6.07, 6.45) is 3.51. The van der Waals surface area contributed by atoms with Crippen molar-refractivity contribution in [1.29, 1.82) is 0 Å². The fourth-order valence-corrected chi connectivity index (χ4v) is 2.43. The Morgan fingerprint density at radius 2 is 2.00 bits per heavy atom. The minimum absolute atomic E-state index is 0.210. The molecule has 1 aliphatic rings. The maximum atomic E-state index is 13.2. The van der Waals surface area contributed by atoms with Crippen molar-refractivity contribution in [3.63, 3.8) is 0 Å². The molecule has 0 radical (unpaired) electrons. The molecule has 1 saturated heterocycles. The molecule has 1 heterocycles. The summed E-state index contributed by atoms with van der Waals surface area (Å²) >= 11 is 0. The molecule has 1 aliphatic heterocycles. The van der Waals surface area contributed by atoms with Gasteiger partial charge in [0.15, 0.2) is 0 Å². The van der Waals surface area contributed by atoms with Gasteiger partial charge in [0.05, 0.1) is 11.4 Å². The second kappa shape index (κ2) is 4.55. The smallest absolute Gasteiger partial charge is 0.125 e. The maximum absolute atomic E-state index is 13.2. The van der Waals surface area contributed by atoms with Crippen LogP contribution in [0.5, 0.6) is 0 Å². The van der Waals surface area contributed by atoms with Crippen LogP contribution in [-0.4, -0.2) is 13.1 Å². The average Bonchev–Trinajstić information content (AvgIpc) is 2.34. The van der Waals surface area contributed by atoms with Gasteiger partial charge in [-0.05, 0) is 36.5 Å². The highest BCUT2D eigenvalue weighted by Crippen LogP contribution is 2.37. The van der Waals surface area contributed by atoms with Crippen molar-refractivity contribution in [3.8, 4) is 0 Å². The second-order valence-electron chi connectivity index (χ2n) is 5.35. The lowest BCUT2D eigenvalue weighted by Crippen LogP contribution is -2.38. The summed E-state index contributed by atoms with van der Waals surface area (Å²) < 4.78 is 13.2. The van der Waals surface area contributed by atoms with Gasteiger partial charge in [-0.1, -0.05) is 20.3 Å².